The molecule has 23 heavy (non-hydrogen) atoms. The van der Waals surface area contributed by atoms with Crippen molar-refractivity contribution in [2.45, 2.75) is 38.5 Å². The first kappa shape index (κ1) is 17.0. The second-order valence-corrected chi connectivity index (χ2v) is 6.14. The fourth-order valence-electron chi connectivity index (χ4n) is 3.12. The lowest BCUT2D eigenvalue weighted by Gasteiger charge is -2.26. The van der Waals surface area contributed by atoms with E-state index in [2.05, 4.69) is 6.07 Å². The second kappa shape index (κ2) is 8.91. The normalized spacial score (nSPS) is 21.8. The molecule has 0 unspecified atom stereocenters. The van der Waals surface area contributed by atoms with Crippen molar-refractivity contribution < 1.29 is 4.39 Å². The topological polar surface area (TPSA) is 47.6 Å². The molecule has 0 atom stereocenters. The molecule has 1 fully saturated rings. The minimum absolute atomic E-state index is 0.504. The molecule has 1 aromatic carbocycles. The predicted octanol–water partition coefficient (Wildman–Crippen LogP) is 5.23. The number of allylic oxidation sites excluding steroid dienone is 4. The Balaban J connectivity index is 1.72. The number of halogens is 1. The Morgan fingerprint density at radius 3 is 2.43 bits per heavy atom. The van der Waals surface area contributed by atoms with Crippen molar-refractivity contribution in [3.63, 3.8) is 0 Å². The minimum atomic E-state index is -0.739. The highest BCUT2D eigenvalue weighted by Crippen LogP contribution is 2.32. The first-order valence-corrected chi connectivity index (χ1v) is 8.14. The molecule has 0 amide bonds. The smallest absolute Gasteiger partial charge is 0.195 e. The van der Waals surface area contributed by atoms with E-state index in [9.17, 15) is 4.39 Å². The van der Waals surface area contributed by atoms with E-state index >= 15 is 0 Å². The summed E-state index contributed by atoms with van der Waals surface area (Å²) in [6.07, 6.45) is 11.8. The van der Waals surface area contributed by atoms with E-state index in [0.29, 0.717) is 11.5 Å². The van der Waals surface area contributed by atoms with Gasteiger partial charge in [-0.3, -0.25) is 0 Å². The second-order valence-electron chi connectivity index (χ2n) is 6.14. The van der Waals surface area contributed by atoms with E-state index in [0.717, 1.165) is 25.2 Å². The van der Waals surface area contributed by atoms with Crippen molar-refractivity contribution in [3.8, 4) is 12.1 Å². The maximum atomic E-state index is 12.7. The first-order chi connectivity index (χ1) is 11.2. The highest BCUT2D eigenvalue weighted by Gasteiger charge is 2.19. The van der Waals surface area contributed by atoms with E-state index in [1.165, 1.54) is 37.0 Å². The summed E-state index contributed by atoms with van der Waals surface area (Å²) in [6.45, 7) is 0. The van der Waals surface area contributed by atoms with Crippen molar-refractivity contribution in [2.75, 3.05) is 0 Å². The first-order valence-electron chi connectivity index (χ1n) is 8.14. The van der Waals surface area contributed by atoms with Crippen LogP contribution in [0.15, 0.2) is 48.3 Å². The summed E-state index contributed by atoms with van der Waals surface area (Å²) in [5, 5.41) is 17.1. The standard InChI is InChI=1S/C20H21FN2/c21-20(15-23)3-1-2-16-4-6-17(7-5-16)8-9-18-10-12-19(14-22)13-11-18/h1-3,10-13,16-17H,4-9H2/b2-1+,20-3-. The number of benzene rings is 1. The monoisotopic (exact) mass is 308 g/mol. The summed E-state index contributed by atoms with van der Waals surface area (Å²) in [4.78, 5) is 0. The zero-order valence-electron chi connectivity index (χ0n) is 13.2. The van der Waals surface area contributed by atoms with Gasteiger partial charge in [0, 0.05) is 0 Å². The van der Waals surface area contributed by atoms with Crippen LogP contribution < -0.4 is 0 Å². The van der Waals surface area contributed by atoms with Crippen LogP contribution in [0.25, 0.3) is 0 Å². The molecule has 1 aromatic rings. The van der Waals surface area contributed by atoms with E-state index in [-0.39, 0.29) is 0 Å². The summed E-state index contributed by atoms with van der Waals surface area (Å²) in [7, 11) is 0. The molecule has 3 heteroatoms. The fraction of sp³-hybridized carbons (Fsp3) is 0.400. The Hall–Kier alpha value is -2.39. The van der Waals surface area contributed by atoms with Crippen LogP contribution in [0.5, 0.6) is 0 Å². The van der Waals surface area contributed by atoms with E-state index < -0.39 is 5.83 Å². The number of nitrogens with zero attached hydrogens (tertiary/aromatic N) is 2. The van der Waals surface area contributed by atoms with Gasteiger partial charge in [0.1, 0.15) is 6.07 Å². The molecule has 2 nitrogen and oxygen atoms in total. The zero-order valence-corrected chi connectivity index (χ0v) is 13.2. The molecule has 0 aliphatic heterocycles. The van der Waals surface area contributed by atoms with Gasteiger partial charge in [-0.15, -0.1) is 0 Å². The zero-order chi connectivity index (χ0) is 16.5. The molecular formula is C20H21FN2. The van der Waals surface area contributed by atoms with Gasteiger partial charge in [-0.1, -0.05) is 24.3 Å². The van der Waals surface area contributed by atoms with Gasteiger partial charge in [0.15, 0.2) is 5.83 Å². The van der Waals surface area contributed by atoms with E-state index in [1.807, 2.05) is 30.3 Å². The molecule has 0 saturated heterocycles. The lowest BCUT2D eigenvalue weighted by molar-refractivity contribution is 0.296. The maximum Gasteiger partial charge on any atom is 0.199 e. The van der Waals surface area contributed by atoms with Gasteiger partial charge in [0.05, 0.1) is 11.6 Å². The Morgan fingerprint density at radius 1 is 1.13 bits per heavy atom. The summed E-state index contributed by atoms with van der Waals surface area (Å²) >= 11 is 0. The van der Waals surface area contributed by atoms with Gasteiger partial charge in [0.25, 0.3) is 0 Å². The summed E-state index contributed by atoms with van der Waals surface area (Å²) < 4.78 is 12.7. The Kier molecular flexibility index (Phi) is 6.57. The number of rotatable bonds is 5. The Bertz CT molecular complexity index is 636. The molecule has 1 aliphatic rings. The minimum Gasteiger partial charge on any atom is -0.195 e. The van der Waals surface area contributed by atoms with Crippen LogP contribution in [0, 0.1) is 34.5 Å². The Labute approximate surface area is 137 Å². The van der Waals surface area contributed by atoms with Crippen LogP contribution in [0.1, 0.15) is 43.2 Å². The van der Waals surface area contributed by atoms with Crippen molar-refractivity contribution in [3.05, 3.63) is 59.4 Å². The quantitative estimate of drug-likeness (QED) is 0.552. The molecule has 2 rings (SSSR count). The average molecular weight is 308 g/mol. The largest absolute Gasteiger partial charge is 0.199 e. The van der Waals surface area contributed by atoms with Crippen molar-refractivity contribution >= 4 is 0 Å². The average Bonchev–Trinajstić information content (AvgIpc) is 2.61. The Morgan fingerprint density at radius 2 is 1.83 bits per heavy atom. The van der Waals surface area contributed by atoms with Crippen LogP contribution in [0.4, 0.5) is 4.39 Å². The number of hydrogen-bond donors (Lipinski definition) is 0. The third-order valence-electron chi connectivity index (χ3n) is 4.55. The molecule has 0 bridgehead atoms. The third-order valence-corrected chi connectivity index (χ3v) is 4.55. The van der Waals surface area contributed by atoms with Gasteiger partial charge < -0.3 is 0 Å². The van der Waals surface area contributed by atoms with Gasteiger partial charge in [-0.05, 0) is 74.1 Å². The number of nitriles is 2. The lowest BCUT2D eigenvalue weighted by atomic mass is 9.79. The van der Waals surface area contributed by atoms with Gasteiger partial charge in [-0.2, -0.15) is 14.9 Å². The van der Waals surface area contributed by atoms with E-state index in [1.54, 1.807) is 6.08 Å². The number of aryl methyl sites for hydroxylation is 1. The summed E-state index contributed by atoms with van der Waals surface area (Å²) in [6, 6.07) is 11.5. The molecule has 1 aliphatic carbocycles. The molecule has 118 valence electrons. The van der Waals surface area contributed by atoms with Gasteiger partial charge >= 0.3 is 0 Å². The van der Waals surface area contributed by atoms with E-state index in [4.69, 9.17) is 10.5 Å². The van der Waals surface area contributed by atoms with Crippen LogP contribution in [0.3, 0.4) is 0 Å². The van der Waals surface area contributed by atoms with Crippen molar-refractivity contribution in [2.24, 2.45) is 11.8 Å². The van der Waals surface area contributed by atoms with Crippen LogP contribution in [-0.4, -0.2) is 0 Å². The fourth-order valence-corrected chi connectivity index (χ4v) is 3.12. The number of hydrogen-bond acceptors (Lipinski definition) is 2. The SMILES string of the molecule is N#C/C(F)=C/C=C/C1CCC(CCc2ccc(C#N)cc2)CC1. The highest BCUT2D eigenvalue weighted by molar-refractivity contribution is 5.31. The molecule has 0 aromatic heterocycles. The van der Waals surface area contributed by atoms with Crippen LogP contribution in [0.2, 0.25) is 0 Å². The van der Waals surface area contributed by atoms with Crippen LogP contribution >= 0.6 is 0 Å². The maximum absolute atomic E-state index is 12.7. The van der Waals surface area contributed by atoms with Gasteiger partial charge in [-0.25, -0.2) is 0 Å². The lowest BCUT2D eigenvalue weighted by Crippen LogP contribution is -2.13. The molecule has 0 spiro atoms. The van der Waals surface area contributed by atoms with Gasteiger partial charge in [0.2, 0.25) is 0 Å². The molecule has 0 heterocycles. The summed E-state index contributed by atoms with van der Waals surface area (Å²) in [5.74, 6) is 0.517. The molecule has 0 radical (unpaired) electrons. The third kappa shape index (κ3) is 5.72. The molecular weight excluding hydrogens is 287 g/mol. The molecule has 1 saturated carbocycles. The van der Waals surface area contributed by atoms with Crippen molar-refractivity contribution in [1.29, 1.82) is 10.5 Å². The molecule has 0 N–H and O–H groups in total. The van der Waals surface area contributed by atoms with Crippen molar-refractivity contribution in [1.82, 2.24) is 0 Å². The highest BCUT2D eigenvalue weighted by atomic mass is 19.1. The predicted molar refractivity (Wildman–Crippen MR) is 88.9 cm³/mol. The van der Waals surface area contributed by atoms with Crippen LogP contribution in [-0.2, 0) is 6.42 Å². The summed E-state index contributed by atoms with van der Waals surface area (Å²) in [5.41, 5.74) is 2.01.